The number of alkyl halides is 3. The number of rotatable bonds is 3. The highest BCUT2D eigenvalue weighted by atomic mass is 19.4. The number of nitrogens with zero attached hydrogens (tertiary/aromatic N) is 3. The highest BCUT2D eigenvalue weighted by Gasteiger charge is 2.31. The van der Waals surface area contributed by atoms with E-state index in [-0.39, 0.29) is 0 Å². The molecule has 7 heteroatoms. The van der Waals surface area contributed by atoms with E-state index >= 15 is 0 Å². The molecule has 0 aliphatic heterocycles. The summed E-state index contributed by atoms with van der Waals surface area (Å²) >= 11 is 0. The van der Waals surface area contributed by atoms with Crippen LogP contribution in [-0.4, -0.2) is 14.8 Å². The van der Waals surface area contributed by atoms with Crippen molar-refractivity contribution in [3.05, 3.63) is 42.0 Å². The molecular formula is C11H11F3N4. The molecule has 1 N–H and O–H groups in total. The molecule has 0 radical (unpaired) electrons. The zero-order valence-corrected chi connectivity index (χ0v) is 9.57. The van der Waals surface area contributed by atoms with E-state index in [9.17, 15) is 13.2 Å². The van der Waals surface area contributed by atoms with Crippen molar-refractivity contribution in [2.24, 2.45) is 7.05 Å². The second kappa shape index (κ2) is 4.67. The maximum atomic E-state index is 12.3. The Kier molecular flexibility index (Phi) is 3.22. The summed E-state index contributed by atoms with van der Waals surface area (Å²) in [6, 6.07) is 2.30. The number of aromatic nitrogens is 3. The number of nitrogens with one attached hydrogen (secondary N) is 1. The highest BCUT2D eigenvalue weighted by molar-refractivity contribution is 5.41. The fourth-order valence-corrected chi connectivity index (χ4v) is 1.43. The normalized spacial score (nSPS) is 11.6. The van der Waals surface area contributed by atoms with Gasteiger partial charge in [-0.15, -0.1) is 0 Å². The summed E-state index contributed by atoms with van der Waals surface area (Å²) in [5.74, 6) is 0. The van der Waals surface area contributed by atoms with Crippen LogP contribution in [0.3, 0.4) is 0 Å². The van der Waals surface area contributed by atoms with Gasteiger partial charge < -0.3 is 5.32 Å². The minimum Gasteiger partial charge on any atom is -0.380 e. The van der Waals surface area contributed by atoms with Crippen LogP contribution in [0.2, 0.25) is 0 Å². The van der Waals surface area contributed by atoms with Crippen LogP contribution < -0.4 is 5.32 Å². The van der Waals surface area contributed by atoms with Crippen LogP contribution in [0.5, 0.6) is 0 Å². The van der Waals surface area contributed by atoms with E-state index in [0.717, 1.165) is 11.6 Å². The lowest BCUT2D eigenvalue weighted by atomic mass is 10.3. The van der Waals surface area contributed by atoms with Gasteiger partial charge in [-0.05, 0) is 12.1 Å². The van der Waals surface area contributed by atoms with Crippen LogP contribution in [0.1, 0.15) is 11.3 Å². The van der Waals surface area contributed by atoms with Gasteiger partial charge in [0.2, 0.25) is 0 Å². The van der Waals surface area contributed by atoms with E-state index < -0.39 is 11.9 Å². The first-order valence-corrected chi connectivity index (χ1v) is 5.20. The Morgan fingerprint density at radius 3 is 2.56 bits per heavy atom. The van der Waals surface area contributed by atoms with Crippen molar-refractivity contribution in [1.82, 2.24) is 14.8 Å². The molecule has 0 bridgehead atoms. The number of pyridine rings is 1. The van der Waals surface area contributed by atoms with Crippen molar-refractivity contribution in [3.63, 3.8) is 0 Å². The third-order valence-electron chi connectivity index (χ3n) is 2.31. The molecular weight excluding hydrogens is 245 g/mol. The fourth-order valence-electron chi connectivity index (χ4n) is 1.43. The lowest BCUT2D eigenvalue weighted by molar-refractivity contribution is -0.141. The van der Waals surface area contributed by atoms with Crippen molar-refractivity contribution >= 4 is 5.69 Å². The number of halogens is 3. The number of hydrogen-bond donors (Lipinski definition) is 1. The van der Waals surface area contributed by atoms with Gasteiger partial charge in [0, 0.05) is 25.4 Å². The Morgan fingerprint density at radius 1 is 1.28 bits per heavy atom. The topological polar surface area (TPSA) is 42.7 Å². The average Bonchev–Trinajstić information content (AvgIpc) is 2.72. The zero-order valence-electron chi connectivity index (χ0n) is 9.57. The minimum atomic E-state index is -4.40. The molecule has 0 aromatic carbocycles. The van der Waals surface area contributed by atoms with Gasteiger partial charge in [0.15, 0.2) is 0 Å². The van der Waals surface area contributed by atoms with Gasteiger partial charge >= 0.3 is 6.18 Å². The third kappa shape index (κ3) is 2.99. The number of anilines is 1. The summed E-state index contributed by atoms with van der Waals surface area (Å²) in [7, 11) is 1.79. The monoisotopic (exact) mass is 256 g/mol. The van der Waals surface area contributed by atoms with Crippen molar-refractivity contribution in [3.8, 4) is 0 Å². The van der Waals surface area contributed by atoms with Crippen molar-refractivity contribution < 1.29 is 13.2 Å². The van der Waals surface area contributed by atoms with E-state index in [4.69, 9.17) is 0 Å². The van der Waals surface area contributed by atoms with E-state index in [1.54, 1.807) is 17.9 Å². The molecule has 0 aliphatic rings. The number of aryl methyl sites for hydroxylation is 1. The second-order valence-electron chi connectivity index (χ2n) is 3.81. The Balaban J connectivity index is 1.98. The lowest BCUT2D eigenvalue weighted by Crippen LogP contribution is -2.08. The van der Waals surface area contributed by atoms with E-state index in [0.29, 0.717) is 12.2 Å². The molecule has 2 heterocycles. The van der Waals surface area contributed by atoms with Crippen LogP contribution in [0.25, 0.3) is 0 Å². The maximum Gasteiger partial charge on any atom is 0.433 e. The molecule has 0 saturated heterocycles. The van der Waals surface area contributed by atoms with Crippen molar-refractivity contribution in [2.75, 3.05) is 5.32 Å². The summed E-state index contributed by atoms with van der Waals surface area (Å²) < 4.78 is 38.5. The van der Waals surface area contributed by atoms with Crippen LogP contribution >= 0.6 is 0 Å². The second-order valence-corrected chi connectivity index (χ2v) is 3.81. The van der Waals surface area contributed by atoms with Crippen LogP contribution in [-0.2, 0) is 19.8 Å². The molecule has 96 valence electrons. The summed E-state index contributed by atoms with van der Waals surface area (Å²) in [5, 5.41) is 6.96. The quantitative estimate of drug-likeness (QED) is 0.917. The Hall–Kier alpha value is -2.05. The van der Waals surface area contributed by atoms with Gasteiger partial charge in [0.1, 0.15) is 5.69 Å². The molecule has 0 fully saturated rings. The Labute approximate surface area is 101 Å². The standard InChI is InChI=1S/C11H11F3N4/c1-18-7-8(5-17-18)4-15-9-2-3-10(16-6-9)11(12,13)14/h2-3,5-7,15H,4H2,1H3. The van der Waals surface area contributed by atoms with E-state index in [1.807, 2.05) is 6.20 Å². The van der Waals surface area contributed by atoms with Gasteiger partial charge in [-0.25, -0.2) is 4.98 Å². The van der Waals surface area contributed by atoms with Crippen molar-refractivity contribution in [1.29, 1.82) is 0 Å². The highest BCUT2D eigenvalue weighted by Crippen LogP contribution is 2.27. The molecule has 2 aromatic rings. The Morgan fingerprint density at radius 2 is 2.06 bits per heavy atom. The van der Waals surface area contributed by atoms with E-state index in [2.05, 4.69) is 15.4 Å². The molecule has 0 saturated carbocycles. The van der Waals surface area contributed by atoms with Gasteiger partial charge in [0.05, 0.1) is 18.1 Å². The summed E-state index contributed by atoms with van der Waals surface area (Å²) in [6.07, 6.45) is 0.274. The number of hydrogen-bond acceptors (Lipinski definition) is 3. The van der Waals surface area contributed by atoms with Gasteiger partial charge in [-0.2, -0.15) is 18.3 Å². The summed E-state index contributed by atoms with van der Waals surface area (Å²) in [5.41, 5.74) is 0.582. The first-order chi connectivity index (χ1) is 8.45. The molecule has 18 heavy (non-hydrogen) atoms. The fraction of sp³-hybridized carbons (Fsp3) is 0.273. The first kappa shape index (κ1) is 12.4. The largest absolute Gasteiger partial charge is 0.433 e. The first-order valence-electron chi connectivity index (χ1n) is 5.20. The molecule has 0 amide bonds. The van der Waals surface area contributed by atoms with Crippen LogP contribution in [0.4, 0.5) is 18.9 Å². The van der Waals surface area contributed by atoms with Crippen molar-refractivity contribution in [2.45, 2.75) is 12.7 Å². The third-order valence-corrected chi connectivity index (χ3v) is 2.31. The predicted octanol–water partition coefficient (Wildman–Crippen LogP) is 2.45. The Bertz CT molecular complexity index is 516. The maximum absolute atomic E-state index is 12.3. The molecule has 0 atom stereocenters. The summed E-state index contributed by atoms with van der Waals surface area (Å²) in [6.45, 7) is 0.487. The van der Waals surface area contributed by atoms with E-state index in [1.165, 1.54) is 12.3 Å². The van der Waals surface area contributed by atoms with Gasteiger partial charge in [0.25, 0.3) is 0 Å². The van der Waals surface area contributed by atoms with Gasteiger partial charge in [-0.3, -0.25) is 4.68 Å². The average molecular weight is 256 g/mol. The van der Waals surface area contributed by atoms with Gasteiger partial charge in [-0.1, -0.05) is 0 Å². The van der Waals surface area contributed by atoms with Crippen LogP contribution in [0, 0.1) is 0 Å². The van der Waals surface area contributed by atoms with Crippen LogP contribution in [0.15, 0.2) is 30.7 Å². The molecule has 0 spiro atoms. The molecule has 4 nitrogen and oxygen atoms in total. The summed E-state index contributed by atoms with van der Waals surface area (Å²) in [4.78, 5) is 3.36. The zero-order chi connectivity index (χ0) is 13.2. The molecule has 2 aromatic heterocycles. The lowest BCUT2D eigenvalue weighted by Gasteiger charge is -2.07. The predicted molar refractivity (Wildman–Crippen MR) is 59.8 cm³/mol. The molecule has 0 aliphatic carbocycles. The molecule has 0 unspecified atom stereocenters. The SMILES string of the molecule is Cn1cc(CNc2ccc(C(F)(F)F)nc2)cn1. The smallest absolute Gasteiger partial charge is 0.380 e. The minimum absolute atomic E-state index is 0.487. The molecule has 2 rings (SSSR count).